The van der Waals surface area contributed by atoms with Gasteiger partial charge in [-0.05, 0) is 24.3 Å². The number of para-hydroxylation sites is 1. The lowest BCUT2D eigenvalue weighted by atomic mass is 10.2. The Bertz CT molecular complexity index is 872. The summed E-state index contributed by atoms with van der Waals surface area (Å²) in [6.45, 7) is -0.390. The number of nitro groups is 1. The van der Waals surface area contributed by atoms with Crippen LogP contribution in [-0.2, 0) is 9.63 Å². The third-order valence-corrected chi connectivity index (χ3v) is 3.64. The summed E-state index contributed by atoms with van der Waals surface area (Å²) in [5.41, 5.74) is 0.516. The molecule has 9 nitrogen and oxygen atoms in total. The van der Waals surface area contributed by atoms with Crippen molar-refractivity contribution in [2.24, 2.45) is 5.16 Å². The Morgan fingerprint density at radius 1 is 1.30 bits per heavy atom. The van der Waals surface area contributed by atoms with Crippen molar-refractivity contribution in [3.8, 4) is 11.5 Å². The number of ether oxygens (including phenoxy) is 2. The Morgan fingerprint density at radius 2 is 2.07 bits per heavy atom. The summed E-state index contributed by atoms with van der Waals surface area (Å²) in [7, 11) is 3.01. The molecule has 2 rings (SSSR count). The summed E-state index contributed by atoms with van der Waals surface area (Å²) in [5.74, 6) is 0.468. The lowest BCUT2D eigenvalue weighted by molar-refractivity contribution is -0.384. The van der Waals surface area contributed by atoms with Crippen LogP contribution in [0.3, 0.4) is 0 Å². The fraction of sp³-hybridized carbons (Fsp3) is 0.176. The van der Waals surface area contributed by atoms with E-state index in [4.69, 9.17) is 25.9 Å². The first-order valence-corrected chi connectivity index (χ1v) is 7.94. The molecule has 0 unspecified atom stereocenters. The van der Waals surface area contributed by atoms with E-state index in [1.54, 1.807) is 18.2 Å². The van der Waals surface area contributed by atoms with Gasteiger partial charge < -0.3 is 19.6 Å². The molecule has 0 spiro atoms. The summed E-state index contributed by atoms with van der Waals surface area (Å²) in [4.78, 5) is 27.0. The summed E-state index contributed by atoms with van der Waals surface area (Å²) in [5, 5.41) is 17.0. The van der Waals surface area contributed by atoms with Gasteiger partial charge in [-0.25, -0.2) is 0 Å². The first-order chi connectivity index (χ1) is 13.0. The van der Waals surface area contributed by atoms with Crippen LogP contribution < -0.4 is 14.8 Å². The predicted molar refractivity (Wildman–Crippen MR) is 99.8 cm³/mol. The Morgan fingerprint density at radius 3 is 2.74 bits per heavy atom. The number of rotatable bonds is 8. The Kier molecular flexibility index (Phi) is 6.95. The van der Waals surface area contributed by atoms with Crippen LogP contribution in [0.15, 0.2) is 41.6 Å². The molecule has 0 aromatic heterocycles. The van der Waals surface area contributed by atoms with Gasteiger partial charge in [0.2, 0.25) is 0 Å². The molecule has 0 saturated heterocycles. The Labute approximate surface area is 159 Å². The highest BCUT2D eigenvalue weighted by atomic mass is 35.5. The molecule has 1 amide bonds. The van der Waals surface area contributed by atoms with Crippen LogP contribution >= 0.6 is 11.6 Å². The smallest absolute Gasteiger partial charge is 0.289 e. The van der Waals surface area contributed by atoms with Crippen molar-refractivity contribution in [3.63, 3.8) is 0 Å². The molecule has 142 valence electrons. The van der Waals surface area contributed by atoms with Crippen molar-refractivity contribution >= 4 is 35.1 Å². The lowest BCUT2D eigenvalue weighted by Gasteiger charge is -2.09. The highest BCUT2D eigenvalue weighted by molar-refractivity contribution is 6.32. The van der Waals surface area contributed by atoms with Gasteiger partial charge in [-0.15, -0.1) is 0 Å². The van der Waals surface area contributed by atoms with Crippen molar-refractivity contribution in [2.45, 2.75) is 0 Å². The molecule has 2 aromatic carbocycles. The van der Waals surface area contributed by atoms with Gasteiger partial charge in [0.1, 0.15) is 5.02 Å². The molecular weight excluding hydrogens is 378 g/mol. The van der Waals surface area contributed by atoms with E-state index in [0.29, 0.717) is 17.1 Å². The topological polar surface area (TPSA) is 112 Å². The molecule has 27 heavy (non-hydrogen) atoms. The molecule has 0 radical (unpaired) electrons. The van der Waals surface area contributed by atoms with Crippen molar-refractivity contribution in [1.82, 2.24) is 0 Å². The van der Waals surface area contributed by atoms with Gasteiger partial charge in [0.25, 0.3) is 11.6 Å². The van der Waals surface area contributed by atoms with Crippen LogP contribution in [-0.4, -0.2) is 37.9 Å². The third kappa shape index (κ3) is 5.32. The molecule has 2 aromatic rings. The van der Waals surface area contributed by atoms with Crippen LogP contribution in [0, 0.1) is 10.1 Å². The second-order valence-electron chi connectivity index (χ2n) is 5.06. The van der Waals surface area contributed by atoms with Crippen molar-refractivity contribution in [1.29, 1.82) is 0 Å². The second-order valence-corrected chi connectivity index (χ2v) is 5.47. The average Bonchev–Trinajstić information content (AvgIpc) is 2.66. The van der Waals surface area contributed by atoms with E-state index in [1.165, 1.54) is 32.6 Å². The van der Waals surface area contributed by atoms with Crippen molar-refractivity contribution < 1.29 is 24.0 Å². The van der Waals surface area contributed by atoms with Crippen molar-refractivity contribution in [3.05, 3.63) is 57.1 Å². The maximum atomic E-state index is 11.9. The van der Waals surface area contributed by atoms with E-state index >= 15 is 0 Å². The molecule has 10 heteroatoms. The molecule has 0 fully saturated rings. The number of carbonyl (C=O) groups excluding carboxylic acids is 1. The summed E-state index contributed by atoms with van der Waals surface area (Å²) < 4.78 is 10.4. The van der Waals surface area contributed by atoms with E-state index in [0.717, 1.165) is 6.07 Å². The minimum atomic E-state index is -0.639. The average molecular weight is 394 g/mol. The zero-order valence-electron chi connectivity index (χ0n) is 14.5. The first kappa shape index (κ1) is 20.0. The van der Waals surface area contributed by atoms with Gasteiger partial charge in [-0.2, -0.15) is 0 Å². The SMILES string of the molecule is COc1cccc(/C=N\OCC(=O)Nc2ccc(Cl)c([N+](=O)[O-])c2)c1OC. The van der Waals surface area contributed by atoms with Crippen molar-refractivity contribution in [2.75, 3.05) is 26.1 Å². The zero-order valence-corrected chi connectivity index (χ0v) is 15.2. The van der Waals surface area contributed by atoms with E-state index in [-0.39, 0.29) is 23.0 Å². The highest BCUT2D eigenvalue weighted by Crippen LogP contribution is 2.29. The number of oxime groups is 1. The number of hydrogen-bond donors (Lipinski definition) is 1. The summed E-state index contributed by atoms with van der Waals surface area (Å²) in [6.07, 6.45) is 1.38. The van der Waals surface area contributed by atoms with E-state index < -0.39 is 10.8 Å². The minimum Gasteiger partial charge on any atom is -0.493 e. The van der Waals surface area contributed by atoms with Crippen LogP contribution in [0.4, 0.5) is 11.4 Å². The van der Waals surface area contributed by atoms with Crippen LogP contribution in [0.1, 0.15) is 5.56 Å². The summed E-state index contributed by atoms with van der Waals surface area (Å²) in [6, 6.07) is 9.14. The van der Waals surface area contributed by atoms with Gasteiger partial charge >= 0.3 is 0 Å². The molecule has 0 aliphatic rings. The largest absolute Gasteiger partial charge is 0.493 e. The molecule has 0 aliphatic heterocycles. The first-order valence-electron chi connectivity index (χ1n) is 7.56. The molecule has 0 heterocycles. The molecule has 0 aliphatic carbocycles. The quantitative estimate of drug-likeness (QED) is 0.418. The van der Waals surface area contributed by atoms with Crippen LogP contribution in [0.25, 0.3) is 0 Å². The highest BCUT2D eigenvalue weighted by Gasteiger charge is 2.14. The number of benzene rings is 2. The minimum absolute atomic E-state index is 0.0221. The van der Waals surface area contributed by atoms with E-state index in [2.05, 4.69) is 10.5 Å². The normalized spacial score (nSPS) is 10.5. The van der Waals surface area contributed by atoms with Gasteiger partial charge in [0, 0.05) is 17.3 Å². The van der Waals surface area contributed by atoms with Gasteiger partial charge in [0.05, 0.1) is 25.4 Å². The van der Waals surface area contributed by atoms with E-state index in [9.17, 15) is 14.9 Å². The van der Waals surface area contributed by atoms with Crippen LogP contribution in [0.2, 0.25) is 5.02 Å². The number of anilines is 1. The molecule has 0 bridgehead atoms. The number of hydrogen-bond acceptors (Lipinski definition) is 7. The number of methoxy groups -OCH3 is 2. The Balaban J connectivity index is 1.94. The van der Waals surface area contributed by atoms with Gasteiger partial charge in [-0.3, -0.25) is 14.9 Å². The lowest BCUT2D eigenvalue weighted by Crippen LogP contribution is -2.17. The third-order valence-electron chi connectivity index (χ3n) is 3.32. The molecule has 0 saturated carbocycles. The standard InChI is InChI=1S/C17H16ClN3O6/c1-25-15-5-3-4-11(17(15)26-2)9-19-27-10-16(22)20-12-6-7-13(18)14(8-12)21(23)24/h3-9H,10H2,1-2H3,(H,20,22)/b19-9-. The Hall–Kier alpha value is -3.33. The molecular formula is C17H16ClN3O6. The predicted octanol–water partition coefficient (Wildman–Crippen LogP) is 3.25. The number of carbonyl (C=O) groups is 1. The number of halogens is 1. The number of amides is 1. The molecule has 0 atom stereocenters. The van der Waals surface area contributed by atoms with Crippen LogP contribution in [0.5, 0.6) is 11.5 Å². The summed E-state index contributed by atoms with van der Waals surface area (Å²) >= 11 is 5.72. The maximum Gasteiger partial charge on any atom is 0.289 e. The van der Waals surface area contributed by atoms with Gasteiger partial charge in [-0.1, -0.05) is 22.8 Å². The number of nitrogens with one attached hydrogen (secondary N) is 1. The zero-order chi connectivity index (χ0) is 19.8. The monoisotopic (exact) mass is 393 g/mol. The molecule has 1 N–H and O–H groups in total. The van der Waals surface area contributed by atoms with E-state index in [1.807, 2.05) is 0 Å². The second kappa shape index (κ2) is 9.39. The number of nitrogens with zero attached hydrogens (tertiary/aromatic N) is 2. The maximum absolute atomic E-state index is 11.9. The van der Waals surface area contributed by atoms with Gasteiger partial charge in [0.15, 0.2) is 18.1 Å². The fourth-order valence-corrected chi connectivity index (χ4v) is 2.32. The fourth-order valence-electron chi connectivity index (χ4n) is 2.13. The number of nitro benzene ring substituents is 1.